The monoisotopic (exact) mass is 336 g/mol. The smallest absolute Gasteiger partial charge is 0.338 e. The minimum absolute atomic E-state index is 0.222. The van der Waals surface area contributed by atoms with Gasteiger partial charge in [-0.2, -0.15) is 0 Å². The maximum Gasteiger partial charge on any atom is 0.338 e. The van der Waals surface area contributed by atoms with Crippen LogP contribution in [0.4, 0.5) is 0 Å². The number of ether oxygens (including phenoxy) is 1. The van der Waals surface area contributed by atoms with Crippen LogP contribution < -0.4 is 5.32 Å². The lowest BCUT2D eigenvalue weighted by Crippen LogP contribution is -2.25. The van der Waals surface area contributed by atoms with Gasteiger partial charge in [0.05, 0.1) is 24.5 Å². The minimum atomic E-state index is -0.552. The quantitative estimate of drug-likeness (QED) is 0.724. The first-order valence-electron chi connectivity index (χ1n) is 7.64. The van der Waals surface area contributed by atoms with Gasteiger partial charge in [-0.05, 0) is 30.3 Å². The normalized spacial score (nSPS) is 10.3. The van der Waals surface area contributed by atoms with Gasteiger partial charge >= 0.3 is 5.97 Å². The number of carbonyl (C=O) groups excluding carboxylic acids is 2. The van der Waals surface area contributed by atoms with E-state index in [1.54, 1.807) is 54.9 Å². The molecule has 126 valence electrons. The van der Waals surface area contributed by atoms with Crippen LogP contribution in [0, 0.1) is 0 Å². The van der Waals surface area contributed by atoms with Gasteiger partial charge in [-0.1, -0.05) is 18.2 Å². The molecule has 0 fully saturated rings. The van der Waals surface area contributed by atoms with Crippen LogP contribution in [0.5, 0.6) is 0 Å². The molecule has 3 aromatic rings. The zero-order valence-corrected chi connectivity index (χ0v) is 13.6. The van der Waals surface area contributed by atoms with Crippen LogP contribution in [0.1, 0.15) is 26.3 Å². The lowest BCUT2D eigenvalue weighted by atomic mass is 10.1. The fourth-order valence-electron chi connectivity index (χ4n) is 2.46. The molecule has 1 aromatic carbocycles. The SMILES string of the molecule is COC(=O)c1ccccc1C(=O)NCc1cccnc1-c1ccco1. The Bertz CT molecular complexity index is 888. The van der Waals surface area contributed by atoms with Crippen molar-refractivity contribution < 1.29 is 18.7 Å². The second-order valence-electron chi connectivity index (χ2n) is 5.21. The van der Waals surface area contributed by atoms with E-state index in [-0.39, 0.29) is 23.6 Å². The maximum absolute atomic E-state index is 12.5. The average Bonchev–Trinajstić information content (AvgIpc) is 3.20. The van der Waals surface area contributed by atoms with Crippen LogP contribution in [0.2, 0.25) is 0 Å². The minimum Gasteiger partial charge on any atom is -0.465 e. The van der Waals surface area contributed by atoms with Crippen molar-refractivity contribution >= 4 is 11.9 Å². The van der Waals surface area contributed by atoms with Gasteiger partial charge in [0, 0.05) is 18.3 Å². The number of nitrogens with zero attached hydrogens (tertiary/aromatic N) is 1. The molecule has 0 bridgehead atoms. The van der Waals surface area contributed by atoms with Crippen molar-refractivity contribution in [2.45, 2.75) is 6.54 Å². The Morgan fingerprint density at radius 2 is 1.88 bits per heavy atom. The Labute approximate surface area is 144 Å². The van der Waals surface area contributed by atoms with E-state index in [9.17, 15) is 9.59 Å². The number of nitrogens with one attached hydrogen (secondary N) is 1. The lowest BCUT2D eigenvalue weighted by molar-refractivity contribution is 0.0596. The van der Waals surface area contributed by atoms with Crippen LogP contribution in [-0.2, 0) is 11.3 Å². The summed E-state index contributed by atoms with van der Waals surface area (Å²) in [4.78, 5) is 28.6. The third-order valence-electron chi connectivity index (χ3n) is 3.66. The fraction of sp³-hybridized carbons (Fsp3) is 0.105. The first kappa shape index (κ1) is 16.4. The lowest BCUT2D eigenvalue weighted by Gasteiger charge is -2.10. The van der Waals surface area contributed by atoms with Crippen molar-refractivity contribution in [1.29, 1.82) is 0 Å². The van der Waals surface area contributed by atoms with Crippen LogP contribution in [0.3, 0.4) is 0 Å². The number of methoxy groups -OCH3 is 1. The number of furan rings is 1. The number of hydrogen-bond donors (Lipinski definition) is 1. The summed E-state index contributed by atoms with van der Waals surface area (Å²) in [6.45, 7) is 0.248. The zero-order valence-electron chi connectivity index (χ0n) is 13.6. The van der Waals surface area contributed by atoms with Gasteiger partial charge in [0.15, 0.2) is 5.76 Å². The summed E-state index contributed by atoms with van der Waals surface area (Å²) in [6.07, 6.45) is 3.23. The number of pyridine rings is 1. The largest absolute Gasteiger partial charge is 0.465 e. The van der Waals surface area contributed by atoms with Crippen molar-refractivity contribution in [3.8, 4) is 11.5 Å². The summed E-state index contributed by atoms with van der Waals surface area (Å²) in [6, 6.07) is 13.7. The number of amides is 1. The third-order valence-corrected chi connectivity index (χ3v) is 3.66. The van der Waals surface area contributed by atoms with Crippen molar-refractivity contribution in [3.05, 3.63) is 77.7 Å². The van der Waals surface area contributed by atoms with E-state index in [2.05, 4.69) is 10.3 Å². The summed E-state index contributed by atoms with van der Waals surface area (Å²) >= 11 is 0. The van der Waals surface area contributed by atoms with Gasteiger partial charge in [0.1, 0.15) is 5.69 Å². The molecule has 1 amide bonds. The molecule has 2 heterocycles. The highest BCUT2D eigenvalue weighted by atomic mass is 16.5. The predicted molar refractivity (Wildman–Crippen MR) is 90.9 cm³/mol. The number of aromatic nitrogens is 1. The molecule has 0 unspecified atom stereocenters. The van der Waals surface area contributed by atoms with Gasteiger partial charge in [-0.15, -0.1) is 0 Å². The number of rotatable bonds is 5. The maximum atomic E-state index is 12.5. The van der Waals surface area contributed by atoms with Crippen molar-refractivity contribution in [1.82, 2.24) is 10.3 Å². The molecule has 0 saturated carbocycles. The predicted octanol–water partition coefficient (Wildman–Crippen LogP) is 3.06. The third kappa shape index (κ3) is 3.58. The number of carbonyl (C=O) groups is 2. The van der Waals surface area contributed by atoms with E-state index in [1.807, 2.05) is 6.07 Å². The zero-order chi connectivity index (χ0) is 17.6. The molecule has 6 heteroatoms. The Morgan fingerprint density at radius 1 is 1.08 bits per heavy atom. The molecular weight excluding hydrogens is 320 g/mol. The highest BCUT2D eigenvalue weighted by Gasteiger charge is 2.17. The molecule has 2 aromatic heterocycles. The summed E-state index contributed by atoms with van der Waals surface area (Å²) < 4.78 is 10.1. The van der Waals surface area contributed by atoms with Crippen molar-refractivity contribution in [2.24, 2.45) is 0 Å². The molecule has 0 aliphatic carbocycles. The molecule has 0 radical (unpaired) electrons. The average molecular weight is 336 g/mol. The molecule has 0 saturated heterocycles. The fourth-order valence-corrected chi connectivity index (χ4v) is 2.46. The van der Waals surface area contributed by atoms with Crippen LogP contribution in [0.25, 0.3) is 11.5 Å². The second kappa shape index (κ2) is 7.44. The summed E-state index contributed by atoms with van der Waals surface area (Å²) in [7, 11) is 1.28. The Hall–Kier alpha value is -3.41. The highest BCUT2D eigenvalue weighted by Crippen LogP contribution is 2.21. The Balaban J connectivity index is 1.80. The standard InChI is InChI=1S/C19H16N2O4/c1-24-19(23)15-8-3-2-7-14(15)18(22)21-12-13-6-4-10-20-17(13)16-9-5-11-25-16/h2-11H,12H2,1H3,(H,21,22). The summed E-state index contributed by atoms with van der Waals surface area (Å²) in [5.41, 5.74) is 1.95. The summed E-state index contributed by atoms with van der Waals surface area (Å²) in [5.74, 6) is -0.293. The number of hydrogen-bond acceptors (Lipinski definition) is 5. The first-order chi connectivity index (χ1) is 12.2. The van der Waals surface area contributed by atoms with Crippen LogP contribution in [0.15, 0.2) is 65.4 Å². The number of esters is 1. The molecule has 0 aliphatic heterocycles. The first-order valence-corrected chi connectivity index (χ1v) is 7.64. The Morgan fingerprint density at radius 3 is 2.60 bits per heavy atom. The van der Waals surface area contributed by atoms with Gasteiger partial charge in [0.2, 0.25) is 0 Å². The Kier molecular flexibility index (Phi) is 4.89. The molecule has 1 N–H and O–H groups in total. The van der Waals surface area contributed by atoms with E-state index < -0.39 is 5.97 Å². The van der Waals surface area contributed by atoms with E-state index >= 15 is 0 Å². The van der Waals surface area contributed by atoms with Crippen molar-refractivity contribution in [2.75, 3.05) is 7.11 Å². The summed E-state index contributed by atoms with van der Waals surface area (Å²) in [5, 5.41) is 2.81. The van der Waals surface area contributed by atoms with E-state index in [4.69, 9.17) is 9.15 Å². The molecule has 0 atom stereocenters. The van der Waals surface area contributed by atoms with E-state index in [0.29, 0.717) is 11.5 Å². The second-order valence-corrected chi connectivity index (χ2v) is 5.21. The molecule has 6 nitrogen and oxygen atoms in total. The number of benzene rings is 1. The van der Waals surface area contributed by atoms with Crippen LogP contribution in [-0.4, -0.2) is 24.0 Å². The molecule has 3 rings (SSSR count). The molecule has 0 spiro atoms. The molecular formula is C19H16N2O4. The van der Waals surface area contributed by atoms with Gasteiger partial charge in [-0.3, -0.25) is 9.78 Å². The topological polar surface area (TPSA) is 81.4 Å². The molecule has 25 heavy (non-hydrogen) atoms. The molecule has 0 aliphatic rings. The van der Waals surface area contributed by atoms with Gasteiger partial charge in [0.25, 0.3) is 5.91 Å². The highest BCUT2D eigenvalue weighted by molar-refractivity contribution is 6.05. The van der Waals surface area contributed by atoms with Gasteiger partial charge < -0.3 is 14.5 Å². The van der Waals surface area contributed by atoms with E-state index in [0.717, 1.165) is 5.56 Å². The van der Waals surface area contributed by atoms with Crippen LogP contribution >= 0.6 is 0 Å². The van der Waals surface area contributed by atoms with Gasteiger partial charge in [-0.25, -0.2) is 4.79 Å². The van der Waals surface area contributed by atoms with Crippen molar-refractivity contribution in [3.63, 3.8) is 0 Å². The van der Waals surface area contributed by atoms with E-state index in [1.165, 1.54) is 7.11 Å².